The third kappa shape index (κ3) is 3.17. The van der Waals surface area contributed by atoms with Crippen molar-refractivity contribution in [2.45, 2.75) is 19.4 Å². The maximum atomic E-state index is 10.3. The van der Waals surface area contributed by atoms with Gasteiger partial charge in [0.1, 0.15) is 6.29 Å². The Morgan fingerprint density at radius 3 is 2.80 bits per heavy atom. The van der Waals surface area contributed by atoms with Crippen LogP contribution in [0, 0.1) is 11.8 Å². The van der Waals surface area contributed by atoms with Gasteiger partial charge in [-0.15, -0.1) is 0 Å². The van der Waals surface area contributed by atoms with E-state index in [2.05, 4.69) is 12.1 Å². The molecule has 1 fully saturated rings. The first-order chi connectivity index (χ1) is 7.40. The van der Waals surface area contributed by atoms with Gasteiger partial charge >= 0.3 is 0 Å². The van der Waals surface area contributed by atoms with Crippen molar-refractivity contribution in [1.29, 1.82) is 0 Å². The predicted octanol–water partition coefficient (Wildman–Crippen LogP) is 2.43. The van der Waals surface area contributed by atoms with E-state index < -0.39 is 0 Å². The van der Waals surface area contributed by atoms with Crippen molar-refractivity contribution in [1.82, 2.24) is 0 Å². The van der Waals surface area contributed by atoms with Gasteiger partial charge in [-0.1, -0.05) is 30.3 Å². The molecule has 0 bridgehead atoms. The quantitative estimate of drug-likeness (QED) is 0.665. The van der Waals surface area contributed by atoms with Crippen molar-refractivity contribution in [2.75, 3.05) is 6.61 Å². The van der Waals surface area contributed by atoms with E-state index in [-0.39, 0.29) is 0 Å². The zero-order valence-corrected chi connectivity index (χ0v) is 8.76. The van der Waals surface area contributed by atoms with E-state index in [1.54, 1.807) is 0 Å². The summed E-state index contributed by atoms with van der Waals surface area (Å²) in [4.78, 5) is 10.3. The minimum Gasteiger partial charge on any atom is -0.376 e. The van der Waals surface area contributed by atoms with Crippen LogP contribution in [0.5, 0.6) is 0 Å². The molecule has 0 aliphatic heterocycles. The maximum Gasteiger partial charge on any atom is 0.120 e. The summed E-state index contributed by atoms with van der Waals surface area (Å²) >= 11 is 0. The highest BCUT2D eigenvalue weighted by Gasteiger charge is 2.36. The molecule has 80 valence electrons. The van der Waals surface area contributed by atoms with Gasteiger partial charge in [-0.25, -0.2) is 0 Å². The second-order valence-corrected chi connectivity index (χ2v) is 4.16. The van der Waals surface area contributed by atoms with Gasteiger partial charge in [0.2, 0.25) is 0 Å². The number of hydrogen-bond acceptors (Lipinski definition) is 2. The zero-order chi connectivity index (χ0) is 10.5. The van der Waals surface area contributed by atoms with Gasteiger partial charge in [-0.2, -0.15) is 0 Å². The lowest BCUT2D eigenvalue weighted by molar-refractivity contribution is -0.108. The van der Waals surface area contributed by atoms with E-state index in [1.165, 1.54) is 5.56 Å². The van der Waals surface area contributed by atoms with Gasteiger partial charge in [-0.3, -0.25) is 0 Å². The van der Waals surface area contributed by atoms with E-state index >= 15 is 0 Å². The largest absolute Gasteiger partial charge is 0.376 e. The molecule has 0 heterocycles. The number of carbonyl (C=O) groups is 1. The molecular formula is C13H16O2. The Labute approximate surface area is 90.3 Å². The van der Waals surface area contributed by atoms with Crippen LogP contribution in [0.1, 0.15) is 18.4 Å². The molecule has 2 heteroatoms. The molecule has 0 unspecified atom stereocenters. The summed E-state index contributed by atoms with van der Waals surface area (Å²) in [5.41, 5.74) is 1.21. The Balaban J connectivity index is 1.62. The van der Waals surface area contributed by atoms with Gasteiger partial charge in [-0.05, 0) is 23.8 Å². The number of carbonyl (C=O) groups excluding carboxylic acids is 1. The number of benzene rings is 1. The lowest BCUT2D eigenvalue weighted by Gasteiger charge is -2.03. The van der Waals surface area contributed by atoms with Crippen LogP contribution in [-0.4, -0.2) is 12.9 Å². The molecule has 2 atom stereocenters. The lowest BCUT2D eigenvalue weighted by Crippen LogP contribution is -1.98. The fourth-order valence-electron chi connectivity index (χ4n) is 1.83. The van der Waals surface area contributed by atoms with Gasteiger partial charge in [0.15, 0.2) is 0 Å². The van der Waals surface area contributed by atoms with Crippen LogP contribution < -0.4 is 0 Å². The van der Waals surface area contributed by atoms with E-state index in [0.717, 1.165) is 19.3 Å². The van der Waals surface area contributed by atoms with Crippen LogP contribution in [0.15, 0.2) is 30.3 Å². The third-order valence-electron chi connectivity index (χ3n) is 2.91. The SMILES string of the molecule is O=CC[C@H]1C[C@H]1COCc1ccccc1. The van der Waals surface area contributed by atoms with E-state index in [1.807, 2.05) is 18.2 Å². The molecule has 1 aromatic carbocycles. The number of aldehydes is 1. The van der Waals surface area contributed by atoms with E-state index in [0.29, 0.717) is 24.9 Å². The maximum absolute atomic E-state index is 10.3. The minimum atomic E-state index is 0.596. The van der Waals surface area contributed by atoms with Crippen molar-refractivity contribution in [3.05, 3.63) is 35.9 Å². The second-order valence-electron chi connectivity index (χ2n) is 4.16. The normalized spacial score (nSPS) is 23.7. The van der Waals surface area contributed by atoms with Crippen LogP contribution in [0.4, 0.5) is 0 Å². The first-order valence-electron chi connectivity index (χ1n) is 5.45. The first kappa shape index (κ1) is 10.4. The van der Waals surface area contributed by atoms with Crippen molar-refractivity contribution in [3.8, 4) is 0 Å². The molecule has 2 nitrogen and oxygen atoms in total. The molecular weight excluding hydrogens is 188 g/mol. The van der Waals surface area contributed by atoms with E-state index in [4.69, 9.17) is 4.74 Å². The Morgan fingerprint density at radius 2 is 2.07 bits per heavy atom. The average Bonchev–Trinajstić information content (AvgIpc) is 2.99. The smallest absolute Gasteiger partial charge is 0.120 e. The Hall–Kier alpha value is -1.15. The molecule has 0 N–H and O–H groups in total. The molecule has 0 amide bonds. The molecule has 0 aromatic heterocycles. The van der Waals surface area contributed by atoms with Gasteiger partial charge in [0.25, 0.3) is 0 Å². The summed E-state index contributed by atoms with van der Waals surface area (Å²) in [5, 5.41) is 0. The third-order valence-corrected chi connectivity index (χ3v) is 2.91. The number of ether oxygens (including phenoxy) is 1. The monoisotopic (exact) mass is 204 g/mol. The number of rotatable bonds is 6. The minimum absolute atomic E-state index is 0.596. The fraction of sp³-hybridized carbons (Fsp3) is 0.462. The molecule has 0 radical (unpaired) electrons. The molecule has 1 aliphatic rings. The van der Waals surface area contributed by atoms with Crippen LogP contribution in [0.25, 0.3) is 0 Å². The summed E-state index contributed by atoms with van der Waals surface area (Å²) in [5.74, 6) is 1.22. The summed E-state index contributed by atoms with van der Waals surface area (Å²) in [6, 6.07) is 10.2. The topological polar surface area (TPSA) is 26.3 Å². The molecule has 2 rings (SSSR count). The molecule has 1 aromatic rings. The van der Waals surface area contributed by atoms with Crippen molar-refractivity contribution in [3.63, 3.8) is 0 Å². The molecule has 0 saturated heterocycles. The second kappa shape index (κ2) is 5.08. The van der Waals surface area contributed by atoms with Gasteiger partial charge < -0.3 is 9.53 Å². The summed E-state index contributed by atoms with van der Waals surface area (Å²) in [6.07, 6.45) is 2.88. The van der Waals surface area contributed by atoms with Gasteiger partial charge in [0, 0.05) is 6.42 Å². The average molecular weight is 204 g/mol. The summed E-state index contributed by atoms with van der Waals surface area (Å²) < 4.78 is 5.60. The zero-order valence-electron chi connectivity index (χ0n) is 8.76. The Kier molecular flexibility index (Phi) is 3.51. The Morgan fingerprint density at radius 1 is 1.27 bits per heavy atom. The van der Waals surface area contributed by atoms with Gasteiger partial charge in [0.05, 0.1) is 13.2 Å². The fourth-order valence-corrected chi connectivity index (χ4v) is 1.83. The van der Waals surface area contributed by atoms with E-state index in [9.17, 15) is 4.79 Å². The predicted molar refractivity (Wildman–Crippen MR) is 58.4 cm³/mol. The van der Waals surface area contributed by atoms with Crippen molar-refractivity contribution in [2.24, 2.45) is 11.8 Å². The highest BCUT2D eigenvalue weighted by Crippen LogP contribution is 2.40. The molecule has 0 spiro atoms. The lowest BCUT2D eigenvalue weighted by atomic mass is 10.2. The highest BCUT2D eigenvalue weighted by atomic mass is 16.5. The van der Waals surface area contributed by atoms with Crippen LogP contribution in [-0.2, 0) is 16.1 Å². The summed E-state index contributed by atoms with van der Waals surface area (Å²) in [6.45, 7) is 1.48. The van der Waals surface area contributed by atoms with Crippen molar-refractivity contribution >= 4 is 6.29 Å². The Bertz CT molecular complexity index is 308. The number of hydrogen-bond donors (Lipinski definition) is 0. The first-order valence-corrected chi connectivity index (χ1v) is 5.45. The van der Waals surface area contributed by atoms with Crippen LogP contribution in [0.2, 0.25) is 0 Å². The summed E-state index contributed by atoms with van der Waals surface area (Å²) in [7, 11) is 0. The standard InChI is InChI=1S/C13H16O2/c14-7-6-12-8-13(12)10-15-9-11-4-2-1-3-5-11/h1-5,7,12-13H,6,8-10H2/t12-,13-/m0/s1. The molecule has 1 aliphatic carbocycles. The van der Waals surface area contributed by atoms with Crippen LogP contribution >= 0.6 is 0 Å². The highest BCUT2D eigenvalue weighted by molar-refractivity contribution is 5.50. The van der Waals surface area contributed by atoms with Crippen LogP contribution in [0.3, 0.4) is 0 Å². The molecule has 15 heavy (non-hydrogen) atoms. The van der Waals surface area contributed by atoms with Crippen molar-refractivity contribution < 1.29 is 9.53 Å². The molecule has 1 saturated carbocycles.